The summed E-state index contributed by atoms with van der Waals surface area (Å²) >= 11 is 6.15. The third kappa shape index (κ3) is 3.39. The summed E-state index contributed by atoms with van der Waals surface area (Å²) in [5, 5.41) is 4.32. The van der Waals surface area contributed by atoms with Crippen LogP contribution in [0.1, 0.15) is 32.8 Å². The average Bonchev–Trinajstić information content (AvgIpc) is 2.74. The van der Waals surface area contributed by atoms with E-state index in [1.54, 1.807) is 0 Å². The molecule has 1 saturated heterocycles. The molecule has 3 heteroatoms. The van der Waals surface area contributed by atoms with Gasteiger partial charge in [-0.05, 0) is 30.0 Å². The number of anilines is 1. The maximum Gasteiger partial charge on any atom is 0.0426 e. The lowest BCUT2D eigenvalue weighted by Crippen LogP contribution is -2.25. The zero-order valence-corrected chi connectivity index (χ0v) is 12.3. The summed E-state index contributed by atoms with van der Waals surface area (Å²) in [5.41, 5.74) is 2.65. The van der Waals surface area contributed by atoms with Gasteiger partial charge in [-0.2, -0.15) is 0 Å². The highest BCUT2D eigenvalue weighted by Crippen LogP contribution is 2.29. The summed E-state index contributed by atoms with van der Waals surface area (Å²) in [6, 6.07) is 6.75. The molecule has 1 fully saturated rings. The molecule has 0 aromatic heterocycles. The topological polar surface area (TPSA) is 15.3 Å². The molecule has 2 rings (SSSR count). The number of halogens is 1. The van der Waals surface area contributed by atoms with Gasteiger partial charge >= 0.3 is 0 Å². The Kier molecular flexibility index (Phi) is 4.52. The first-order chi connectivity index (χ1) is 8.56. The van der Waals surface area contributed by atoms with Crippen molar-refractivity contribution in [1.29, 1.82) is 0 Å². The molecule has 1 heterocycles. The first-order valence-electron chi connectivity index (χ1n) is 6.83. The van der Waals surface area contributed by atoms with E-state index in [1.165, 1.54) is 17.7 Å². The minimum atomic E-state index is 0.506. The van der Waals surface area contributed by atoms with Gasteiger partial charge in [-0.1, -0.05) is 38.4 Å². The molecule has 1 N–H and O–H groups in total. The average molecular weight is 267 g/mol. The van der Waals surface area contributed by atoms with Crippen molar-refractivity contribution in [3.05, 3.63) is 28.8 Å². The molecule has 1 atom stereocenters. The fourth-order valence-corrected chi connectivity index (χ4v) is 2.62. The molecule has 0 aliphatic carbocycles. The molecule has 0 radical (unpaired) electrons. The highest BCUT2D eigenvalue weighted by atomic mass is 35.5. The van der Waals surface area contributed by atoms with E-state index in [0.29, 0.717) is 6.04 Å². The van der Waals surface area contributed by atoms with E-state index in [0.717, 1.165) is 30.6 Å². The van der Waals surface area contributed by atoms with Crippen LogP contribution in [0.4, 0.5) is 5.69 Å². The van der Waals surface area contributed by atoms with Crippen molar-refractivity contribution in [2.45, 2.75) is 39.8 Å². The maximum atomic E-state index is 6.15. The number of hydrogen-bond acceptors (Lipinski definition) is 2. The lowest BCUT2D eigenvalue weighted by molar-refractivity contribution is 0.588. The van der Waals surface area contributed by atoms with Gasteiger partial charge < -0.3 is 10.2 Å². The Bertz CT molecular complexity index is 403. The van der Waals surface area contributed by atoms with Crippen molar-refractivity contribution in [1.82, 2.24) is 5.32 Å². The third-order valence-corrected chi connectivity index (χ3v) is 3.75. The van der Waals surface area contributed by atoms with Crippen LogP contribution in [0, 0.1) is 5.92 Å². The highest BCUT2D eigenvalue weighted by molar-refractivity contribution is 6.30. The van der Waals surface area contributed by atoms with Gasteiger partial charge in [-0.25, -0.2) is 0 Å². The second-order valence-corrected chi connectivity index (χ2v) is 6.08. The Morgan fingerprint density at radius 2 is 2.22 bits per heavy atom. The quantitative estimate of drug-likeness (QED) is 0.894. The Labute approximate surface area is 115 Å². The summed E-state index contributed by atoms with van der Waals surface area (Å²) in [5.74, 6) is 0.787. The smallest absolute Gasteiger partial charge is 0.0426 e. The molecule has 18 heavy (non-hydrogen) atoms. The SMILES string of the molecule is CC1CCN(c2cc(Cl)ccc2CNC(C)C)C1. The predicted molar refractivity (Wildman–Crippen MR) is 79.4 cm³/mol. The van der Waals surface area contributed by atoms with Crippen LogP contribution < -0.4 is 10.2 Å². The molecule has 1 aromatic carbocycles. The predicted octanol–water partition coefficient (Wildman–Crippen LogP) is 3.68. The van der Waals surface area contributed by atoms with E-state index >= 15 is 0 Å². The van der Waals surface area contributed by atoms with Crippen molar-refractivity contribution in [3.8, 4) is 0 Å². The summed E-state index contributed by atoms with van der Waals surface area (Å²) in [6.07, 6.45) is 1.28. The molecule has 1 aliphatic rings. The van der Waals surface area contributed by atoms with Gasteiger partial charge in [0.2, 0.25) is 0 Å². The zero-order valence-electron chi connectivity index (χ0n) is 11.5. The number of nitrogens with zero attached hydrogens (tertiary/aromatic N) is 1. The number of rotatable bonds is 4. The molecular weight excluding hydrogens is 244 g/mol. The summed E-state index contributed by atoms with van der Waals surface area (Å²) < 4.78 is 0. The van der Waals surface area contributed by atoms with Crippen LogP contribution in [0.5, 0.6) is 0 Å². The summed E-state index contributed by atoms with van der Waals surface area (Å²) in [6.45, 7) is 9.87. The van der Waals surface area contributed by atoms with Crippen molar-refractivity contribution in [3.63, 3.8) is 0 Å². The molecule has 0 saturated carbocycles. The lowest BCUT2D eigenvalue weighted by atomic mass is 10.1. The molecule has 1 aliphatic heterocycles. The van der Waals surface area contributed by atoms with Crippen LogP contribution in [-0.2, 0) is 6.54 Å². The molecule has 1 aromatic rings. The third-order valence-electron chi connectivity index (χ3n) is 3.51. The molecule has 0 spiro atoms. The van der Waals surface area contributed by atoms with Crippen LogP contribution in [0.15, 0.2) is 18.2 Å². The van der Waals surface area contributed by atoms with Gasteiger partial charge in [0, 0.05) is 36.4 Å². The normalized spacial score (nSPS) is 19.8. The van der Waals surface area contributed by atoms with E-state index in [1.807, 2.05) is 6.07 Å². The van der Waals surface area contributed by atoms with E-state index in [2.05, 4.69) is 43.1 Å². The molecule has 0 bridgehead atoms. The molecule has 1 unspecified atom stereocenters. The van der Waals surface area contributed by atoms with Crippen LogP contribution >= 0.6 is 11.6 Å². The first kappa shape index (κ1) is 13.7. The van der Waals surface area contributed by atoms with Gasteiger partial charge in [0.25, 0.3) is 0 Å². The van der Waals surface area contributed by atoms with Crippen molar-refractivity contribution >= 4 is 17.3 Å². The maximum absolute atomic E-state index is 6.15. The molecule has 100 valence electrons. The summed E-state index contributed by atoms with van der Waals surface area (Å²) in [7, 11) is 0. The Hall–Kier alpha value is -0.730. The van der Waals surface area contributed by atoms with E-state index in [9.17, 15) is 0 Å². The standard InChI is InChI=1S/C15H23ClN2/c1-11(2)17-9-13-4-5-14(16)8-15(13)18-7-6-12(3)10-18/h4-5,8,11-12,17H,6-7,9-10H2,1-3H3. The minimum absolute atomic E-state index is 0.506. The van der Waals surface area contributed by atoms with Gasteiger partial charge in [0.1, 0.15) is 0 Å². The molecular formula is C15H23ClN2. The van der Waals surface area contributed by atoms with Crippen molar-refractivity contribution in [2.75, 3.05) is 18.0 Å². The number of hydrogen-bond donors (Lipinski definition) is 1. The Morgan fingerprint density at radius 3 is 2.83 bits per heavy atom. The molecule has 0 amide bonds. The van der Waals surface area contributed by atoms with Crippen LogP contribution in [0.25, 0.3) is 0 Å². The highest BCUT2D eigenvalue weighted by Gasteiger charge is 2.21. The van der Waals surface area contributed by atoms with E-state index in [-0.39, 0.29) is 0 Å². The van der Waals surface area contributed by atoms with Crippen LogP contribution in [-0.4, -0.2) is 19.1 Å². The number of nitrogens with one attached hydrogen (secondary N) is 1. The van der Waals surface area contributed by atoms with E-state index in [4.69, 9.17) is 11.6 Å². The fraction of sp³-hybridized carbons (Fsp3) is 0.600. The second-order valence-electron chi connectivity index (χ2n) is 5.65. The monoisotopic (exact) mass is 266 g/mol. The van der Waals surface area contributed by atoms with Gasteiger partial charge in [-0.15, -0.1) is 0 Å². The zero-order chi connectivity index (χ0) is 13.1. The van der Waals surface area contributed by atoms with E-state index < -0.39 is 0 Å². The fourth-order valence-electron chi connectivity index (χ4n) is 2.45. The first-order valence-corrected chi connectivity index (χ1v) is 7.21. The molecule has 2 nitrogen and oxygen atoms in total. The van der Waals surface area contributed by atoms with Gasteiger partial charge in [0.05, 0.1) is 0 Å². The second kappa shape index (κ2) is 5.94. The number of benzene rings is 1. The van der Waals surface area contributed by atoms with Crippen molar-refractivity contribution < 1.29 is 0 Å². The Balaban J connectivity index is 2.18. The van der Waals surface area contributed by atoms with Gasteiger partial charge in [-0.3, -0.25) is 0 Å². The van der Waals surface area contributed by atoms with Gasteiger partial charge in [0.15, 0.2) is 0 Å². The van der Waals surface area contributed by atoms with Crippen LogP contribution in [0.2, 0.25) is 5.02 Å². The largest absolute Gasteiger partial charge is 0.371 e. The van der Waals surface area contributed by atoms with Crippen molar-refractivity contribution in [2.24, 2.45) is 5.92 Å². The van der Waals surface area contributed by atoms with Crippen LogP contribution in [0.3, 0.4) is 0 Å². The Morgan fingerprint density at radius 1 is 1.44 bits per heavy atom. The minimum Gasteiger partial charge on any atom is -0.371 e. The summed E-state index contributed by atoms with van der Waals surface area (Å²) in [4.78, 5) is 2.47. The lowest BCUT2D eigenvalue weighted by Gasteiger charge is -2.23.